The predicted molar refractivity (Wildman–Crippen MR) is 64.2 cm³/mol. The zero-order valence-electron chi connectivity index (χ0n) is 10.1. The van der Waals surface area contributed by atoms with Gasteiger partial charge in [0, 0.05) is 25.8 Å². The Labute approximate surface area is 101 Å². The summed E-state index contributed by atoms with van der Waals surface area (Å²) in [5.41, 5.74) is 1.34. The van der Waals surface area contributed by atoms with Crippen LogP contribution in [0.15, 0.2) is 18.2 Å². The van der Waals surface area contributed by atoms with Crippen molar-refractivity contribution in [1.29, 1.82) is 0 Å². The van der Waals surface area contributed by atoms with Gasteiger partial charge in [-0.2, -0.15) is 0 Å². The van der Waals surface area contributed by atoms with E-state index in [2.05, 4.69) is 0 Å². The van der Waals surface area contributed by atoms with Crippen LogP contribution in [0, 0.1) is 6.92 Å². The van der Waals surface area contributed by atoms with Gasteiger partial charge in [-0.15, -0.1) is 0 Å². The molecule has 0 aromatic heterocycles. The first-order valence-corrected chi connectivity index (χ1v) is 5.73. The van der Waals surface area contributed by atoms with Crippen molar-refractivity contribution in [3.63, 3.8) is 0 Å². The monoisotopic (exact) mass is 235 g/mol. The molecular formula is C13H17NO3. The van der Waals surface area contributed by atoms with Crippen molar-refractivity contribution in [2.45, 2.75) is 19.4 Å². The minimum Gasteiger partial charge on any atom is -0.508 e. The van der Waals surface area contributed by atoms with Crippen LogP contribution >= 0.6 is 0 Å². The van der Waals surface area contributed by atoms with E-state index in [1.54, 1.807) is 37.1 Å². The molecule has 0 radical (unpaired) electrons. The van der Waals surface area contributed by atoms with Crippen LogP contribution in [0.3, 0.4) is 0 Å². The largest absolute Gasteiger partial charge is 0.508 e. The summed E-state index contributed by atoms with van der Waals surface area (Å²) >= 11 is 0. The number of methoxy groups -OCH3 is 1. The van der Waals surface area contributed by atoms with E-state index in [1.807, 2.05) is 0 Å². The number of carbonyl (C=O) groups is 1. The summed E-state index contributed by atoms with van der Waals surface area (Å²) in [5.74, 6) is 0.227. The summed E-state index contributed by atoms with van der Waals surface area (Å²) in [6, 6.07) is 4.94. The first-order chi connectivity index (χ1) is 8.11. The SMILES string of the molecule is COC1CCN(C(=O)c2ccc(O)c(C)c2)C1. The summed E-state index contributed by atoms with van der Waals surface area (Å²) in [6.45, 7) is 3.17. The normalized spacial score (nSPS) is 19.6. The Morgan fingerprint density at radius 2 is 2.29 bits per heavy atom. The topological polar surface area (TPSA) is 49.8 Å². The van der Waals surface area contributed by atoms with Gasteiger partial charge in [-0.1, -0.05) is 0 Å². The third kappa shape index (κ3) is 2.42. The summed E-state index contributed by atoms with van der Waals surface area (Å²) < 4.78 is 5.24. The van der Waals surface area contributed by atoms with Gasteiger partial charge in [0.25, 0.3) is 5.91 Å². The highest BCUT2D eigenvalue weighted by molar-refractivity contribution is 5.94. The summed E-state index contributed by atoms with van der Waals surface area (Å²) in [6.07, 6.45) is 1.04. The summed E-state index contributed by atoms with van der Waals surface area (Å²) in [7, 11) is 1.67. The third-order valence-corrected chi connectivity index (χ3v) is 3.21. The molecule has 1 fully saturated rings. The van der Waals surface area contributed by atoms with Gasteiger partial charge in [-0.25, -0.2) is 0 Å². The highest BCUT2D eigenvalue weighted by atomic mass is 16.5. The van der Waals surface area contributed by atoms with Crippen molar-refractivity contribution in [3.05, 3.63) is 29.3 Å². The van der Waals surface area contributed by atoms with Gasteiger partial charge in [0.15, 0.2) is 0 Å². The van der Waals surface area contributed by atoms with Crippen LogP contribution in [-0.2, 0) is 4.74 Å². The van der Waals surface area contributed by atoms with Crippen LogP contribution in [0.2, 0.25) is 0 Å². The molecule has 0 saturated carbocycles. The zero-order valence-corrected chi connectivity index (χ0v) is 10.1. The van der Waals surface area contributed by atoms with Crippen LogP contribution < -0.4 is 0 Å². The zero-order chi connectivity index (χ0) is 12.4. The Kier molecular flexibility index (Phi) is 3.33. The van der Waals surface area contributed by atoms with E-state index >= 15 is 0 Å². The van der Waals surface area contributed by atoms with E-state index in [1.165, 1.54) is 0 Å². The molecule has 4 nitrogen and oxygen atoms in total. The van der Waals surface area contributed by atoms with E-state index < -0.39 is 0 Å². The molecule has 0 bridgehead atoms. The first kappa shape index (κ1) is 11.9. The molecule has 1 unspecified atom stereocenters. The Morgan fingerprint density at radius 1 is 1.53 bits per heavy atom. The van der Waals surface area contributed by atoms with Gasteiger partial charge in [-0.05, 0) is 37.1 Å². The fraction of sp³-hybridized carbons (Fsp3) is 0.462. The number of carbonyl (C=O) groups excluding carboxylic acids is 1. The van der Waals surface area contributed by atoms with Crippen LogP contribution in [0.4, 0.5) is 0 Å². The molecule has 1 heterocycles. The fourth-order valence-electron chi connectivity index (χ4n) is 2.08. The second kappa shape index (κ2) is 4.75. The highest BCUT2D eigenvalue weighted by Crippen LogP contribution is 2.20. The van der Waals surface area contributed by atoms with Gasteiger partial charge < -0.3 is 14.7 Å². The number of phenolic OH excluding ortho intramolecular Hbond substituents is 1. The molecule has 1 aromatic rings. The number of hydrogen-bond acceptors (Lipinski definition) is 3. The van der Waals surface area contributed by atoms with Gasteiger partial charge >= 0.3 is 0 Å². The lowest BCUT2D eigenvalue weighted by Gasteiger charge is -2.16. The van der Waals surface area contributed by atoms with E-state index in [9.17, 15) is 9.90 Å². The number of likely N-dealkylation sites (tertiary alicyclic amines) is 1. The molecule has 1 atom stereocenters. The molecule has 4 heteroatoms. The highest BCUT2D eigenvalue weighted by Gasteiger charge is 2.26. The van der Waals surface area contributed by atoms with Crippen molar-refractivity contribution in [2.24, 2.45) is 0 Å². The van der Waals surface area contributed by atoms with Gasteiger partial charge in [-0.3, -0.25) is 4.79 Å². The lowest BCUT2D eigenvalue weighted by Crippen LogP contribution is -2.29. The predicted octanol–water partition coefficient (Wildman–Crippen LogP) is 1.56. The average Bonchev–Trinajstić information content (AvgIpc) is 2.80. The maximum absolute atomic E-state index is 12.2. The van der Waals surface area contributed by atoms with Gasteiger partial charge in [0.2, 0.25) is 0 Å². The molecule has 1 aliphatic heterocycles. The van der Waals surface area contributed by atoms with Crippen molar-refractivity contribution in [1.82, 2.24) is 4.90 Å². The molecule has 92 valence electrons. The minimum atomic E-state index is 0.00708. The van der Waals surface area contributed by atoms with Crippen molar-refractivity contribution >= 4 is 5.91 Å². The maximum atomic E-state index is 12.2. The van der Waals surface area contributed by atoms with Crippen LogP contribution in [0.1, 0.15) is 22.3 Å². The van der Waals surface area contributed by atoms with E-state index in [4.69, 9.17) is 4.74 Å². The van der Waals surface area contributed by atoms with Crippen molar-refractivity contribution in [2.75, 3.05) is 20.2 Å². The molecule has 1 aromatic carbocycles. The number of nitrogens with zero attached hydrogens (tertiary/aromatic N) is 1. The standard InChI is InChI=1S/C13H17NO3/c1-9-7-10(3-4-12(9)15)13(16)14-6-5-11(8-14)17-2/h3-4,7,11,15H,5-6,8H2,1-2H3. The molecule has 0 spiro atoms. The van der Waals surface area contributed by atoms with Crippen molar-refractivity contribution in [3.8, 4) is 5.75 Å². The second-order valence-electron chi connectivity index (χ2n) is 4.40. The number of phenols is 1. The van der Waals surface area contributed by atoms with E-state index in [0.717, 1.165) is 18.5 Å². The Hall–Kier alpha value is -1.55. The number of benzene rings is 1. The number of ether oxygens (including phenoxy) is 1. The lowest BCUT2D eigenvalue weighted by molar-refractivity contribution is 0.0724. The molecule has 1 aliphatic rings. The number of aryl methyl sites for hydroxylation is 1. The smallest absolute Gasteiger partial charge is 0.253 e. The average molecular weight is 235 g/mol. The van der Waals surface area contributed by atoms with Crippen molar-refractivity contribution < 1.29 is 14.6 Å². The molecule has 0 aliphatic carbocycles. The molecule has 2 rings (SSSR count). The van der Waals surface area contributed by atoms with E-state index in [-0.39, 0.29) is 17.8 Å². The third-order valence-electron chi connectivity index (χ3n) is 3.21. The summed E-state index contributed by atoms with van der Waals surface area (Å²) in [5, 5.41) is 9.43. The maximum Gasteiger partial charge on any atom is 0.253 e. The van der Waals surface area contributed by atoms with Gasteiger partial charge in [0.1, 0.15) is 5.75 Å². The molecule has 1 saturated heterocycles. The van der Waals surface area contributed by atoms with Gasteiger partial charge in [0.05, 0.1) is 6.10 Å². The molecule has 17 heavy (non-hydrogen) atoms. The first-order valence-electron chi connectivity index (χ1n) is 5.73. The Bertz CT molecular complexity index is 431. The quantitative estimate of drug-likeness (QED) is 0.846. The van der Waals surface area contributed by atoms with Crippen LogP contribution in [0.5, 0.6) is 5.75 Å². The number of hydrogen-bond donors (Lipinski definition) is 1. The molecule has 1 N–H and O–H groups in total. The fourth-order valence-corrected chi connectivity index (χ4v) is 2.08. The Morgan fingerprint density at radius 3 is 2.88 bits per heavy atom. The molecular weight excluding hydrogens is 218 g/mol. The second-order valence-corrected chi connectivity index (χ2v) is 4.40. The number of amides is 1. The lowest BCUT2D eigenvalue weighted by atomic mass is 10.1. The summed E-state index contributed by atoms with van der Waals surface area (Å²) in [4.78, 5) is 14.0. The number of rotatable bonds is 2. The van der Waals surface area contributed by atoms with E-state index in [0.29, 0.717) is 12.1 Å². The minimum absolute atomic E-state index is 0.00708. The molecule has 1 amide bonds. The van der Waals surface area contributed by atoms with Crippen LogP contribution in [-0.4, -0.2) is 42.2 Å². The Balaban J connectivity index is 2.12. The number of aromatic hydroxyl groups is 1. The van der Waals surface area contributed by atoms with Crippen LogP contribution in [0.25, 0.3) is 0 Å².